The van der Waals surface area contributed by atoms with Gasteiger partial charge in [0.05, 0.1) is 17.1 Å². The number of benzene rings is 1. The fourth-order valence-corrected chi connectivity index (χ4v) is 9.40. The molecule has 36 heavy (non-hydrogen) atoms. The summed E-state index contributed by atoms with van der Waals surface area (Å²) in [6, 6.07) is 8.04. The van der Waals surface area contributed by atoms with Crippen molar-refractivity contribution in [2.45, 2.75) is 90.3 Å². The summed E-state index contributed by atoms with van der Waals surface area (Å²) in [7, 11) is 0. The lowest BCUT2D eigenvalue weighted by Gasteiger charge is -2.66. The van der Waals surface area contributed by atoms with Crippen LogP contribution in [0.3, 0.4) is 0 Å². The van der Waals surface area contributed by atoms with Gasteiger partial charge < -0.3 is 10.1 Å². The molecule has 5 aliphatic rings. The Morgan fingerprint density at radius 2 is 1.94 bits per heavy atom. The topological polar surface area (TPSA) is 73.2 Å². The van der Waals surface area contributed by atoms with E-state index < -0.39 is 5.54 Å². The summed E-state index contributed by atoms with van der Waals surface area (Å²) in [6.45, 7) is 8.53. The Morgan fingerprint density at radius 1 is 1.14 bits per heavy atom. The van der Waals surface area contributed by atoms with Gasteiger partial charge in [-0.1, -0.05) is 37.6 Å². The van der Waals surface area contributed by atoms with E-state index in [1.54, 1.807) is 0 Å². The number of para-hydroxylation sites is 2. The van der Waals surface area contributed by atoms with Gasteiger partial charge in [0.2, 0.25) is 5.95 Å². The number of hydrogen-bond donors (Lipinski definition) is 1. The Hall–Kier alpha value is -2.63. The normalized spacial score (nSPS) is 42.8. The molecule has 7 rings (SSSR count). The number of hydrogen-bond acceptors (Lipinski definition) is 5. The number of aromatic nitrogens is 2. The summed E-state index contributed by atoms with van der Waals surface area (Å²) >= 11 is 0. The predicted octanol–water partition coefficient (Wildman–Crippen LogP) is 5.84. The van der Waals surface area contributed by atoms with Crippen LogP contribution in [-0.2, 0) is 14.3 Å². The zero-order valence-electron chi connectivity index (χ0n) is 21.8. The lowest BCUT2D eigenvalue weighted by molar-refractivity contribution is -0.156. The highest BCUT2D eigenvalue weighted by atomic mass is 16.5. The summed E-state index contributed by atoms with van der Waals surface area (Å²) in [5.74, 6) is 2.66. The van der Waals surface area contributed by atoms with Crippen LogP contribution < -0.4 is 5.32 Å². The molecule has 0 spiro atoms. The zero-order chi connectivity index (χ0) is 25.0. The van der Waals surface area contributed by atoms with Gasteiger partial charge >= 0.3 is 5.97 Å². The SMILES string of the molecule is CC(=O)O[C@H]1CC[C@@]2(C)C(=CC[C@@H]3[C@@H]2CC[C@@]2(C)[C@H]3C[C@@H]3C(=O)[C@@]2(C)Nc2nc4ccccc4n23)C1. The minimum absolute atomic E-state index is 0.0231. The second kappa shape index (κ2) is 7.23. The van der Waals surface area contributed by atoms with Gasteiger partial charge in [0.15, 0.2) is 5.78 Å². The first-order chi connectivity index (χ1) is 17.2. The molecule has 0 amide bonds. The van der Waals surface area contributed by atoms with Gasteiger partial charge in [0.1, 0.15) is 11.6 Å². The Bertz CT molecular complexity index is 1330. The van der Waals surface area contributed by atoms with E-state index in [0.717, 1.165) is 61.9 Å². The van der Waals surface area contributed by atoms with Crippen molar-refractivity contribution in [3.8, 4) is 0 Å². The molecule has 2 aromatic rings. The fraction of sp³-hybridized carbons (Fsp3) is 0.633. The molecule has 4 aliphatic carbocycles. The van der Waals surface area contributed by atoms with Crippen LogP contribution in [0.2, 0.25) is 0 Å². The first kappa shape index (κ1) is 22.6. The van der Waals surface area contributed by atoms with Gasteiger partial charge in [-0.05, 0) is 80.8 Å². The summed E-state index contributed by atoms with van der Waals surface area (Å²) < 4.78 is 7.82. The number of carbonyl (C=O) groups excluding carboxylic acids is 2. The minimum atomic E-state index is -0.610. The third kappa shape index (κ3) is 2.71. The number of esters is 1. The summed E-state index contributed by atoms with van der Waals surface area (Å²) in [6.07, 6.45) is 9.59. The molecular formula is C30H37N3O3. The number of Topliss-reactive ketones (excluding diaryl/α,β-unsaturated/α-hetero) is 1. The number of ether oxygens (including phenoxy) is 1. The van der Waals surface area contributed by atoms with Crippen molar-refractivity contribution in [3.05, 3.63) is 35.9 Å². The largest absolute Gasteiger partial charge is 0.462 e. The van der Waals surface area contributed by atoms with Gasteiger partial charge in [-0.15, -0.1) is 0 Å². The predicted molar refractivity (Wildman–Crippen MR) is 138 cm³/mol. The second-order valence-corrected chi connectivity index (χ2v) is 12.8. The maximum Gasteiger partial charge on any atom is 0.302 e. The van der Waals surface area contributed by atoms with Crippen LogP contribution in [0.25, 0.3) is 11.0 Å². The third-order valence-corrected chi connectivity index (χ3v) is 11.5. The number of ketones is 1. The van der Waals surface area contributed by atoms with Crippen LogP contribution in [0.1, 0.15) is 78.7 Å². The van der Waals surface area contributed by atoms with Crippen molar-refractivity contribution in [1.29, 1.82) is 0 Å². The van der Waals surface area contributed by atoms with Crippen LogP contribution in [0.5, 0.6) is 0 Å². The van der Waals surface area contributed by atoms with E-state index in [4.69, 9.17) is 9.72 Å². The summed E-state index contributed by atoms with van der Waals surface area (Å²) in [4.78, 5) is 30.6. The van der Waals surface area contributed by atoms with Gasteiger partial charge in [0, 0.05) is 18.8 Å². The zero-order valence-corrected chi connectivity index (χ0v) is 21.8. The number of allylic oxidation sites excluding steroid dienone is 1. The quantitative estimate of drug-likeness (QED) is 0.404. The molecule has 8 atom stereocenters. The molecule has 190 valence electrons. The number of nitrogens with one attached hydrogen (secondary N) is 1. The fourth-order valence-electron chi connectivity index (χ4n) is 9.40. The van der Waals surface area contributed by atoms with E-state index in [-0.39, 0.29) is 28.9 Å². The Balaban J connectivity index is 1.28. The van der Waals surface area contributed by atoms with Crippen molar-refractivity contribution in [2.24, 2.45) is 28.6 Å². The van der Waals surface area contributed by atoms with E-state index in [0.29, 0.717) is 23.5 Å². The van der Waals surface area contributed by atoms with Gasteiger partial charge in [-0.3, -0.25) is 14.2 Å². The van der Waals surface area contributed by atoms with Crippen molar-refractivity contribution in [2.75, 3.05) is 5.32 Å². The smallest absolute Gasteiger partial charge is 0.302 e. The van der Waals surface area contributed by atoms with Gasteiger partial charge in [-0.2, -0.15) is 0 Å². The average Bonchev–Trinajstić information content (AvgIpc) is 3.19. The Kier molecular flexibility index (Phi) is 4.53. The Morgan fingerprint density at radius 3 is 2.75 bits per heavy atom. The molecule has 6 nitrogen and oxygen atoms in total. The number of anilines is 1. The van der Waals surface area contributed by atoms with Crippen molar-refractivity contribution >= 4 is 28.7 Å². The van der Waals surface area contributed by atoms with Crippen LogP contribution in [0, 0.1) is 28.6 Å². The number of fused-ring (bicyclic) bond motifs is 12. The molecule has 1 N–H and O–H groups in total. The molecule has 1 aliphatic heterocycles. The van der Waals surface area contributed by atoms with E-state index in [1.165, 1.54) is 12.5 Å². The van der Waals surface area contributed by atoms with E-state index >= 15 is 0 Å². The highest BCUT2D eigenvalue weighted by Gasteiger charge is 2.67. The molecule has 3 fully saturated rings. The maximum absolute atomic E-state index is 14.1. The number of nitrogens with zero attached hydrogens (tertiary/aromatic N) is 2. The monoisotopic (exact) mass is 487 g/mol. The van der Waals surface area contributed by atoms with Crippen molar-refractivity contribution < 1.29 is 14.3 Å². The van der Waals surface area contributed by atoms with Gasteiger partial charge in [-0.25, -0.2) is 4.98 Å². The molecule has 2 bridgehead atoms. The minimum Gasteiger partial charge on any atom is -0.462 e. The Labute approximate surface area is 212 Å². The molecule has 0 radical (unpaired) electrons. The molecule has 0 saturated heterocycles. The number of rotatable bonds is 1. The van der Waals surface area contributed by atoms with Crippen molar-refractivity contribution in [3.63, 3.8) is 0 Å². The van der Waals surface area contributed by atoms with Gasteiger partial charge in [0.25, 0.3) is 0 Å². The highest BCUT2D eigenvalue weighted by Crippen LogP contribution is 2.67. The number of imidazole rings is 1. The van der Waals surface area contributed by atoms with Crippen LogP contribution in [0.15, 0.2) is 35.9 Å². The molecule has 6 heteroatoms. The van der Waals surface area contributed by atoms with Crippen LogP contribution in [-0.4, -0.2) is 32.9 Å². The van der Waals surface area contributed by atoms with E-state index in [2.05, 4.69) is 42.8 Å². The first-order valence-corrected chi connectivity index (χ1v) is 13.8. The molecule has 3 saturated carbocycles. The molecule has 1 aromatic heterocycles. The van der Waals surface area contributed by atoms with Crippen LogP contribution in [0.4, 0.5) is 5.95 Å². The summed E-state index contributed by atoms with van der Waals surface area (Å²) in [5, 5.41) is 3.71. The maximum atomic E-state index is 14.1. The van der Waals surface area contributed by atoms with E-state index in [1.807, 2.05) is 18.2 Å². The lowest BCUT2D eigenvalue weighted by atomic mass is 9.41. The average molecular weight is 488 g/mol. The highest BCUT2D eigenvalue weighted by molar-refractivity contribution is 6.00. The van der Waals surface area contributed by atoms with Crippen LogP contribution >= 0.6 is 0 Å². The lowest BCUT2D eigenvalue weighted by Crippen LogP contribution is -2.70. The molecule has 0 unspecified atom stereocenters. The molecule has 2 heterocycles. The standard InChI is InChI=1S/C30H37N3O3/c1-17(34)36-19-11-13-28(2)18(15-19)9-10-20-21(28)12-14-29(3)22(20)16-25-26(35)30(29,4)32-27-31-23-7-5-6-8-24(23)33(25)27/h5-9,19-22,25H,10-16H2,1-4H3,(H,31,32)/t19-,20+,21-,22-,25+,28-,29-,30+/m0/s1. The molecular weight excluding hydrogens is 450 g/mol. The summed E-state index contributed by atoms with van der Waals surface area (Å²) in [5.41, 5.74) is 2.96. The number of carbonyl (C=O) groups is 2. The molecule has 1 aromatic carbocycles. The van der Waals surface area contributed by atoms with Crippen molar-refractivity contribution in [1.82, 2.24) is 9.55 Å². The second-order valence-electron chi connectivity index (χ2n) is 12.8. The third-order valence-electron chi connectivity index (χ3n) is 11.5. The first-order valence-electron chi connectivity index (χ1n) is 13.8. The van der Waals surface area contributed by atoms with E-state index in [9.17, 15) is 9.59 Å².